The largest absolute Gasteiger partial charge is 0.460 e. The van der Waals surface area contributed by atoms with Gasteiger partial charge in [-0.3, -0.25) is 19.8 Å². The number of H-pyrrole nitrogens is 1. The number of hydrogen-bond donors (Lipinski definition) is 3. The number of nitrogens with one attached hydrogen (secondary N) is 3. The highest BCUT2D eigenvalue weighted by molar-refractivity contribution is 7.90. The highest BCUT2D eigenvalue weighted by atomic mass is 32.2. The average molecular weight is 985 g/mol. The summed E-state index contributed by atoms with van der Waals surface area (Å²) in [5, 5.41) is 15.5. The Morgan fingerprint density at radius 3 is 2.48 bits per heavy atom. The Labute approximate surface area is 393 Å². The summed E-state index contributed by atoms with van der Waals surface area (Å²) in [7, 11) is -4.76. The molecule has 368 valence electrons. The standard InChI is InChI=1S/C47H50F6N8O7S/c1-29-20-32(46(48,49)50)4-7-37(29)39-24-45(2,3)12-10-31(39)27-58-14-16-59(17-15-58)33-5-8-38(42(22-33)68-34-21-30-11-13-54-43(30)56-25-34)44(62)57-69(65,66)36-6-9-40(41(23-36)61(63)64)55-26-35-28-60(18-19-67-35)47(51,52)53/h4-9,11,13,20-23,25,35,55H,10,12,14-19,24,26-28H2,1-3H3,(H,54,56)(H,57,62). The Bertz CT molecular complexity index is 2900. The van der Waals surface area contributed by atoms with Crippen LogP contribution in [0, 0.1) is 22.5 Å². The number of nitro benzene ring substituents is 1. The zero-order valence-corrected chi connectivity index (χ0v) is 38.7. The molecule has 1 unspecified atom stereocenters. The number of anilines is 2. The average Bonchev–Trinajstić information content (AvgIpc) is 3.76. The Morgan fingerprint density at radius 1 is 1.00 bits per heavy atom. The predicted molar refractivity (Wildman–Crippen MR) is 246 cm³/mol. The number of alkyl halides is 6. The summed E-state index contributed by atoms with van der Waals surface area (Å²) in [5.74, 6) is -0.869. The first-order valence-corrected chi connectivity index (χ1v) is 23.7. The minimum atomic E-state index is -4.76. The molecule has 4 heterocycles. The maximum absolute atomic E-state index is 13.9. The topological polar surface area (TPSA) is 175 Å². The van der Waals surface area contributed by atoms with Crippen LogP contribution < -0.4 is 19.7 Å². The summed E-state index contributed by atoms with van der Waals surface area (Å²) in [6.07, 6.45) is -4.37. The lowest BCUT2D eigenvalue weighted by Gasteiger charge is -2.39. The van der Waals surface area contributed by atoms with Crippen LogP contribution in [0.25, 0.3) is 16.6 Å². The number of morpholine rings is 1. The molecule has 8 rings (SSSR count). The summed E-state index contributed by atoms with van der Waals surface area (Å²) in [6.45, 7) is 7.79. The van der Waals surface area contributed by atoms with Gasteiger partial charge in [-0.15, -0.1) is 0 Å². The lowest BCUT2D eigenvalue weighted by Crippen LogP contribution is -2.51. The van der Waals surface area contributed by atoms with Gasteiger partial charge in [0.05, 0.1) is 39.9 Å². The highest BCUT2D eigenvalue weighted by Crippen LogP contribution is 2.45. The van der Waals surface area contributed by atoms with Crippen molar-refractivity contribution in [1.29, 1.82) is 0 Å². The van der Waals surface area contributed by atoms with Crippen LogP contribution in [0.2, 0.25) is 0 Å². The number of piperazine rings is 1. The summed E-state index contributed by atoms with van der Waals surface area (Å²) >= 11 is 0. The van der Waals surface area contributed by atoms with E-state index in [0.717, 1.165) is 54.7 Å². The molecule has 2 aromatic heterocycles. The quantitative estimate of drug-likeness (QED) is 0.0442. The molecule has 22 heteroatoms. The molecule has 3 N–H and O–H groups in total. The molecule has 0 saturated carbocycles. The number of pyridine rings is 1. The number of carbonyl (C=O) groups is 1. The number of allylic oxidation sites excluding steroid dienone is 1. The molecule has 2 fully saturated rings. The number of sulfonamides is 1. The number of fused-ring (bicyclic) bond motifs is 1. The summed E-state index contributed by atoms with van der Waals surface area (Å²) in [6, 6.07) is 15.0. The number of halogens is 6. The van der Waals surface area contributed by atoms with E-state index in [-0.39, 0.29) is 52.8 Å². The van der Waals surface area contributed by atoms with Gasteiger partial charge in [0.2, 0.25) is 0 Å². The third-order valence-electron chi connectivity index (χ3n) is 12.7. The summed E-state index contributed by atoms with van der Waals surface area (Å²) < 4.78 is 121. The Morgan fingerprint density at radius 2 is 1.77 bits per heavy atom. The minimum absolute atomic E-state index is 0.00890. The van der Waals surface area contributed by atoms with Crippen LogP contribution in [0.4, 0.5) is 43.4 Å². The molecule has 3 aliphatic rings. The number of hydrogen-bond acceptors (Lipinski definition) is 12. The van der Waals surface area contributed by atoms with Crippen molar-refractivity contribution in [2.45, 2.75) is 63.5 Å². The molecular formula is C47H50F6N8O7S. The molecule has 0 radical (unpaired) electrons. The smallest absolute Gasteiger partial charge is 0.455 e. The highest BCUT2D eigenvalue weighted by Gasteiger charge is 2.40. The van der Waals surface area contributed by atoms with E-state index in [1.807, 2.05) is 4.72 Å². The van der Waals surface area contributed by atoms with Gasteiger partial charge in [-0.05, 0) is 96.8 Å². The number of ether oxygens (including phenoxy) is 2. The number of amides is 1. The van der Waals surface area contributed by atoms with Crippen molar-refractivity contribution in [1.82, 2.24) is 24.5 Å². The molecule has 3 aromatic carbocycles. The van der Waals surface area contributed by atoms with Crippen molar-refractivity contribution < 1.29 is 54.0 Å². The van der Waals surface area contributed by atoms with Gasteiger partial charge in [0.1, 0.15) is 22.8 Å². The van der Waals surface area contributed by atoms with Gasteiger partial charge < -0.3 is 24.7 Å². The second-order valence-electron chi connectivity index (χ2n) is 18.2. The summed E-state index contributed by atoms with van der Waals surface area (Å²) in [5.41, 5.74) is 3.21. The molecule has 2 aliphatic heterocycles. The first kappa shape index (κ1) is 49.2. The van der Waals surface area contributed by atoms with Gasteiger partial charge in [0.15, 0.2) is 0 Å². The van der Waals surface area contributed by atoms with E-state index in [9.17, 15) is 49.7 Å². The molecule has 1 aliphatic carbocycles. The number of carbonyl (C=O) groups excluding carboxylic acids is 1. The lowest BCUT2D eigenvalue weighted by molar-refractivity contribution is -0.384. The molecule has 2 saturated heterocycles. The van der Waals surface area contributed by atoms with Gasteiger partial charge in [-0.2, -0.15) is 26.3 Å². The van der Waals surface area contributed by atoms with E-state index in [2.05, 4.69) is 38.9 Å². The molecule has 1 atom stereocenters. The van der Waals surface area contributed by atoms with E-state index in [1.54, 1.807) is 43.5 Å². The van der Waals surface area contributed by atoms with E-state index in [4.69, 9.17) is 9.47 Å². The zero-order valence-electron chi connectivity index (χ0n) is 37.8. The van der Waals surface area contributed by atoms with Crippen LogP contribution in [0.3, 0.4) is 0 Å². The fourth-order valence-corrected chi connectivity index (χ4v) is 9.98. The van der Waals surface area contributed by atoms with Crippen molar-refractivity contribution in [2.75, 3.05) is 69.2 Å². The number of aromatic amines is 1. The molecule has 0 spiro atoms. The van der Waals surface area contributed by atoms with Crippen molar-refractivity contribution >= 4 is 49.6 Å². The number of aryl methyl sites for hydroxylation is 1. The van der Waals surface area contributed by atoms with Gasteiger partial charge in [-0.25, -0.2) is 23.0 Å². The van der Waals surface area contributed by atoms with Crippen LogP contribution in [0.5, 0.6) is 11.5 Å². The fraction of sp³-hybridized carbons (Fsp3) is 0.404. The van der Waals surface area contributed by atoms with Crippen LogP contribution in [-0.2, 0) is 20.9 Å². The Hall–Kier alpha value is -6.23. The number of nitro groups is 1. The first-order valence-electron chi connectivity index (χ1n) is 22.2. The molecule has 1 amide bonds. The predicted octanol–water partition coefficient (Wildman–Crippen LogP) is 9.13. The molecular weight excluding hydrogens is 935 g/mol. The third kappa shape index (κ3) is 11.5. The first-order chi connectivity index (χ1) is 32.5. The number of nitrogens with zero attached hydrogens (tertiary/aromatic N) is 5. The van der Waals surface area contributed by atoms with E-state index in [1.165, 1.54) is 23.9 Å². The second-order valence-corrected chi connectivity index (χ2v) is 19.9. The lowest BCUT2D eigenvalue weighted by atomic mass is 9.72. The monoisotopic (exact) mass is 984 g/mol. The number of aromatic nitrogens is 2. The van der Waals surface area contributed by atoms with Gasteiger partial charge in [0, 0.05) is 81.8 Å². The molecule has 5 aromatic rings. The van der Waals surface area contributed by atoms with E-state index in [0.29, 0.717) is 55.0 Å². The van der Waals surface area contributed by atoms with Gasteiger partial charge >= 0.3 is 12.5 Å². The molecule has 0 bridgehead atoms. The molecule has 15 nitrogen and oxygen atoms in total. The molecule has 69 heavy (non-hydrogen) atoms. The summed E-state index contributed by atoms with van der Waals surface area (Å²) in [4.78, 5) is 36.6. The van der Waals surface area contributed by atoms with Crippen molar-refractivity contribution in [2.24, 2.45) is 5.41 Å². The van der Waals surface area contributed by atoms with E-state index >= 15 is 0 Å². The number of benzene rings is 3. The zero-order chi connectivity index (χ0) is 49.5. The Balaban J connectivity index is 0.994. The van der Waals surface area contributed by atoms with Crippen LogP contribution in [0.15, 0.2) is 89.6 Å². The minimum Gasteiger partial charge on any atom is -0.455 e. The Kier molecular flexibility index (Phi) is 13.7. The fourth-order valence-electron chi connectivity index (χ4n) is 9.00. The van der Waals surface area contributed by atoms with Gasteiger partial charge in [-0.1, -0.05) is 25.5 Å². The van der Waals surface area contributed by atoms with Crippen molar-refractivity contribution in [3.05, 3.63) is 117 Å². The maximum Gasteiger partial charge on any atom is 0.460 e. The number of rotatable bonds is 13. The maximum atomic E-state index is 13.9. The van der Waals surface area contributed by atoms with Gasteiger partial charge in [0.25, 0.3) is 21.6 Å². The van der Waals surface area contributed by atoms with Crippen LogP contribution >= 0.6 is 0 Å². The second kappa shape index (κ2) is 19.3. The van der Waals surface area contributed by atoms with Crippen LogP contribution in [-0.4, -0.2) is 110 Å². The third-order valence-corrected chi connectivity index (χ3v) is 14.1. The SMILES string of the molecule is Cc1cc(C(F)(F)F)ccc1C1=C(CN2CCN(c3ccc(C(=O)NS(=O)(=O)c4ccc(NCC5CN(C(F)(F)F)CCO5)c([N+](=O)[O-])c4)c(Oc4cnc5[nH]ccc5c4)c3)CC2)CCC(C)(C)C1. The van der Waals surface area contributed by atoms with E-state index < -0.39 is 62.1 Å². The van der Waals surface area contributed by atoms with Crippen molar-refractivity contribution in [3.63, 3.8) is 0 Å². The van der Waals surface area contributed by atoms with Crippen LogP contribution in [0.1, 0.15) is 60.2 Å². The normalized spacial score (nSPS) is 18.6. The van der Waals surface area contributed by atoms with Crippen molar-refractivity contribution in [3.8, 4) is 11.5 Å².